The van der Waals surface area contributed by atoms with E-state index in [0.29, 0.717) is 5.65 Å². The second-order valence-corrected chi connectivity index (χ2v) is 2.74. The van der Waals surface area contributed by atoms with Crippen molar-refractivity contribution in [2.24, 2.45) is 0 Å². The lowest BCUT2D eigenvalue weighted by molar-refractivity contribution is -0.383. The van der Waals surface area contributed by atoms with Crippen LogP contribution in [0.4, 0.5) is 5.69 Å². The van der Waals surface area contributed by atoms with E-state index in [1.807, 2.05) is 6.92 Å². The predicted octanol–water partition coefficient (Wildman–Crippen LogP) is 1.55. The fourth-order valence-electron chi connectivity index (χ4n) is 1.27. The SMILES string of the molecule is Cc1ccc([N+](=O)[O-])c2nccn12. The fourth-order valence-corrected chi connectivity index (χ4v) is 1.27. The molecule has 0 atom stereocenters. The number of nitrogens with zero attached hydrogens (tertiary/aromatic N) is 3. The molecular formula is C8H7N3O2. The molecule has 0 N–H and O–H groups in total. The summed E-state index contributed by atoms with van der Waals surface area (Å²) in [5, 5.41) is 10.6. The number of imidazole rings is 1. The van der Waals surface area contributed by atoms with Gasteiger partial charge in [-0.15, -0.1) is 0 Å². The van der Waals surface area contributed by atoms with E-state index >= 15 is 0 Å². The molecule has 0 spiro atoms. The first-order valence-corrected chi connectivity index (χ1v) is 3.77. The molecule has 0 amide bonds. The van der Waals surface area contributed by atoms with Crippen molar-refractivity contribution in [1.29, 1.82) is 0 Å². The molecule has 2 rings (SSSR count). The lowest BCUT2D eigenvalue weighted by Crippen LogP contribution is -1.95. The molecule has 5 heteroatoms. The van der Waals surface area contributed by atoms with Crippen molar-refractivity contribution in [2.45, 2.75) is 6.92 Å². The maximum absolute atomic E-state index is 10.6. The number of hydrogen-bond acceptors (Lipinski definition) is 3. The van der Waals surface area contributed by atoms with Crippen molar-refractivity contribution in [3.05, 3.63) is 40.3 Å². The Balaban J connectivity index is 2.86. The van der Waals surface area contributed by atoms with Gasteiger partial charge in [-0.25, -0.2) is 4.98 Å². The van der Waals surface area contributed by atoms with Gasteiger partial charge in [-0.05, 0) is 13.0 Å². The first kappa shape index (κ1) is 7.72. The number of aromatic nitrogens is 2. The zero-order valence-corrected chi connectivity index (χ0v) is 6.97. The van der Waals surface area contributed by atoms with Gasteiger partial charge in [-0.2, -0.15) is 0 Å². The molecule has 66 valence electrons. The van der Waals surface area contributed by atoms with E-state index in [1.165, 1.54) is 6.07 Å². The largest absolute Gasteiger partial charge is 0.312 e. The van der Waals surface area contributed by atoms with E-state index in [2.05, 4.69) is 4.98 Å². The minimum Gasteiger partial charge on any atom is -0.299 e. The normalized spacial score (nSPS) is 10.5. The van der Waals surface area contributed by atoms with Gasteiger partial charge in [-0.1, -0.05) is 0 Å². The number of fused-ring (bicyclic) bond motifs is 1. The van der Waals surface area contributed by atoms with Gasteiger partial charge in [0.1, 0.15) is 0 Å². The summed E-state index contributed by atoms with van der Waals surface area (Å²) in [7, 11) is 0. The minimum absolute atomic E-state index is 0.0376. The Morgan fingerprint density at radius 3 is 3.00 bits per heavy atom. The molecule has 0 bridgehead atoms. The van der Waals surface area contributed by atoms with E-state index in [1.54, 1.807) is 22.9 Å². The van der Waals surface area contributed by atoms with Crippen molar-refractivity contribution in [1.82, 2.24) is 9.38 Å². The third-order valence-electron chi connectivity index (χ3n) is 1.93. The van der Waals surface area contributed by atoms with Crippen molar-refractivity contribution in [2.75, 3.05) is 0 Å². The third-order valence-corrected chi connectivity index (χ3v) is 1.93. The molecule has 0 aliphatic rings. The highest BCUT2D eigenvalue weighted by Crippen LogP contribution is 2.18. The number of nitro groups is 1. The van der Waals surface area contributed by atoms with Gasteiger partial charge < -0.3 is 0 Å². The average molecular weight is 177 g/mol. The standard InChI is InChI=1S/C8H7N3O2/c1-6-2-3-7(11(12)13)8-9-4-5-10(6)8/h2-5H,1H3. The van der Waals surface area contributed by atoms with Crippen LogP contribution in [-0.2, 0) is 0 Å². The molecule has 13 heavy (non-hydrogen) atoms. The molecule has 0 fully saturated rings. The van der Waals surface area contributed by atoms with Gasteiger partial charge in [0, 0.05) is 24.2 Å². The Kier molecular flexibility index (Phi) is 1.51. The van der Waals surface area contributed by atoms with Crippen LogP contribution < -0.4 is 0 Å². The van der Waals surface area contributed by atoms with Gasteiger partial charge >= 0.3 is 5.69 Å². The lowest BCUT2D eigenvalue weighted by Gasteiger charge is -1.98. The first-order chi connectivity index (χ1) is 6.20. The minimum atomic E-state index is -0.429. The van der Waals surface area contributed by atoms with E-state index in [-0.39, 0.29) is 5.69 Å². The molecule has 0 radical (unpaired) electrons. The van der Waals surface area contributed by atoms with Crippen LogP contribution in [0, 0.1) is 17.0 Å². The maximum Gasteiger partial charge on any atom is 0.312 e. The van der Waals surface area contributed by atoms with E-state index in [9.17, 15) is 10.1 Å². The summed E-state index contributed by atoms with van der Waals surface area (Å²) in [6.45, 7) is 1.87. The molecule has 0 aromatic carbocycles. The molecule has 2 aromatic rings. The van der Waals surface area contributed by atoms with Gasteiger partial charge in [0.2, 0.25) is 5.65 Å². The second kappa shape index (κ2) is 2.55. The summed E-state index contributed by atoms with van der Waals surface area (Å²) < 4.78 is 1.69. The Labute approximate surface area is 73.8 Å². The van der Waals surface area contributed by atoms with Gasteiger partial charge in [0.05, 0.1) is 4.92 Å². The molecule has 5 nitrogen and oxygen atoms in total. The van der Waals surface area contributed by atoms with E-state index < -0.39 is 4.92 Å². The lowest BCUT2D eigenvalue weighted by atomic mass is 10.3. The fraction of sp³-hybridized carbons (Fsp3) is 0.125. The Morgan fingerprint density at radius 1 is 1.54 bits per heavy atom. The van der Waals surface area contributed by atoms with Crippen molar-refractivity contribution < 1.29 is 4.92 Å². The monoisotopic (exact) mass is 177 g/mol. The third kappa shape index (κ3) is 1.05. The molecule has 0 saturated heterocycles. The summed E-state index contributed by atoms with van der Waals surface area (Å²) in [5.41, 5.74) is 1.36. The van der Waals surface area contributed by atoms with Crippen molar-refractivity contribution in [3.8, 4) is 0 Å². The predicted molar refractivity (Wildman–Crippen MR) is 46.6 cm³/mol. The van der Waals surface area contributed by atoms with Crippen LogP contribution in [0.3, 0.4) is 0 Å². The number of hydrogen-bond donors (Lipinski definition) is 0. The van der Waals surface area contributed by atoms with Crippen LogP contribution >= 0.6 is 0 Å². The molecule has 2 aromatic heterocycles. The first-order valence-electron chi connectivity index (χ1n) is 3.77. The summed E-state index contributed by atoms with van der Waals surface area (Å²) in [4.78, 5) is 14.1. The van der Waals surface area contributed by atoms with E-state index in [4.69, 9.17) is 0 Å². The zero-order chi connectivity index (χ0) is 9.42. The van der Waals surface area contributed by atoms with Crippen LogP contribution in [0.15, 0.2) is 24.5 Å². The molecule has 0 aliphatic heterocycles. The zero-order valence-electron chi connectivity index (χ0n) is 6.97. The Morgan fingerprint density at radius 2 is 2.31 bits per heavy atom. The van der Waals surface area contributed by atoms with Crippen LogP contribution in [-0.4, -0.2) is 14.3 Å². The molecular weight excluding hydrogens is 170 g/mol. The maximum atomic E-state index is 10.6. The van der Waals surface area contributed by atoms with Crippen molar-refractivity contribution in [3.63, 3.8) is 0 Å². The topological polar surface area (TPSA) is 60.4 Å². The number of pyridine rings is 1. The summed E-state index contributed by atoms with van der Waals surface area (Å²) >= 11 is 0. The molecule has 2 heterocycles. The molecule has 0 unspecified atom stereocenters. The Hall–Kier alpha value is -1.91. The van der Waals surface area contributed by atoms with Gasteiger partial charge in [-0.3, -0.25) is 14.5 Å². The number of rotatable bonds is 1. The van der Waals surface area contributed by atoms with Gasteiger partial charge in [0.15, 0.2) is 0 Å². The van der Waals surface area contributed by atoms with Crippen LogP contribution in [0.5, 0.6) is 0 Å². The second-order valence-electron chi connectivity index (χ2n) is 2.74. The smallest absolute Gasteiger partial charge is 0.299 e. The van der Waals surface area contributed by atoms with Crippen LogP contribution in [0.1, 0.15) is 5.69 Å². The van der Waals surface area contributed by atoms with E-state index in [0.717, 1.165) is 5.69 Å². The summed E-state index contributed by atoms with van der Waals surface area (Å²) in [5.74, 6) is 0. The highest BCUT2D eigenvalue weighted by atomic mass is 16.6. The van der Waals surface area contributed by atoms with Crippen molar-refractivity contribution >= 4 is 11.3 Å². The molecule has 0 saturated carbocycles. The van der Waals surface area contributed by atoms with Crippen LogP contribution in [0.25, 0.3) is 5.65 Å². The average Bonchev–Trinajstić information content (AvgIpc) is 2.53. The highest BCUT2D eigenvalue weighted by Gasteiger charge is 2.13. The summed E-state index contributed by atoms with van der Waals surface area (Å²) in [6, 6.07) is 3.17. The quantitative estimate of drug-likeness (QED) is 0.490. The van der Waals surface area contributed by atoms with Crippen LogP contribution in [0.2, 0.25) is 0 Å². The van der Waals surface area contributed by atoms with Gasteiger partial charge in [0.25, 0.3) is 0 Å². The highest BCUT2D eigenvalue weighted by molar-refractivity contribution is 5.59. The number of aryl methyl sites for hydroxylation is 1. The molecule has 0 aliphatic carbocycles. The Bertz CT molecular complexity index is 475. The summed E-state index contributed by atoms with van der Waals surface area (Å²) in [6.07, 6.45) is 3.26.